The predicted octanol–water partition coefficient (Wildman–Crippen LogP) is 3.85. The van der Waals surface area contributed by atoms with Gasteiger partial charge in [0.2, 0.25) is 0 Å². The minimum absolute atomic E-state index is 0.376. The van der Waals surface area contributed by atoms with Gasteiger partial charge in [-0.1, -0.05) is 23.2 Å². The first-order valence-corrected chi connectivity index (χ1v) is 4.91. The van der Waals surface area contributed by atoms with Gasteiger partial charge in [0.25, 0.3) is 0 Å². The first-order chi connectivity index (χ1) is 6.13. The largest absolute Gasteiger partial charge is 0.461 e. The van der Waals surface area contributed by atoms with Gasteiger partial charge >= 0.3 is 5.30 Å². The molecule has 0 saturated carbocycles. The van der Waals surface area contributed by atoms with E-state index < -0.39 is 0 Å². The number of carbonyl (C=O) groups is 1. The van der Waals surface area contributed by atoms with Crippen molar-refractivity contribution in [2.24, 2.45) is 0 Å². The summed E-state index contributed by atoms with van der Waals surface area (Å²) in [6.45, 7) is 0. The molecule has 1 rings (SSSR count). The topological polar surface area (TPSA) is 26.3 Å². The number of methoxy groups -OCH3 is 1. The lowest BCUT2D eigenvalue weighted by molar-refractivity contribution is 0.200. The quantitative estimate of drug-likeness (QED) is 0.548. The van der Waals surface area contributed by atoms with Gasteiger partial charge in [-0.05, 0) is 30.0 Å². The highest BCUT2D eigenvalue weighted by molar-refractivity contribution is 8.13. The average Bonchev–Trinajstić information content (AvgIpc) is 2.11. The van der Waals surface area contributed by atoms with Crippen molar-refractivity contribution in [2.75, 3.05) is 7.11 Å². The Morgan fingerprint density at radius 2 is 2.08 bits per heavy atom. The van der Waals surface area contributed by atoms with Gasteiger partial charge in [-0.25, -0.2) is 4.79 Å². The van der Waals surface area contributed by atoms with Crippen LogP contribution in [0.3, 0.4) is 0 Å². The summed E-state index contributed by atoms with van der Waals surface area (Å²) in [6.07, 6.45) is 0. The highest BCUT2D eigenvalue weighted by atomic mass is 35.5. The summed E-state index contributed by atoms with van der Waals surface area (Å²) in [5.74, 6) is 0. The maximum Gasteiger partial charge on any atom is 0.371 e. The second kappa shape index (κ2) is 4.74. The number of ether oxygens (including phenoxy) is 1. The smallest absolute Gasteiger partial charge is 0.371 e. The zero-order valence-corrected chi connectivity index (χ0v) is 9.04. The normalized spacial score (nSPS) is 9.77. The molecule has 0 N–H and O–H groups in total. The zero-order valence-electron chi connectivity index (χ0n) is 6.71. The number of halogens is 2. The van der Waals surface area contributed by atoms with Crippen LogP contribution in [0.5, 0.6) is 0 Å². The fourth-order valence-electron chi connectivity index (χ4n) is 0.678. The summed E-state index contributed by atoms with van der Waals surface area (Å²) in [7, 11) is 1.33. The van der Waals surface area contributed by atoms with Crippen LogP contribution in [0, 0.1) is 0 Å². The maximum absolute atomic E-state index is 10.8. The van der Waals surface area contributed by atoms with Gasteiger partial charge < -0.3 is 4.74 Å². The monoisotopic (exact) mass is 236 g/mol. The molecule has 70 valence electrons. The molecule has 0 saturated heterocycles. The first kappa shape index (κ1) is 10.7. The number of hydrogen-bond acceptors (Lipinski definition) is 3. The molecule has 0 aliphatic heterocycles. The van der Waals surface area contributed by atoms with Gasteiger partial charge in [-0.3, -0.25) is 0 Å². The molecule has 13 heavy (non-hydrogen) atoms. The van der Waals surface area contributed by atoms with Crippen molar-refractivity contribution in [3.63, 3.8) is 0 Å². The van der Waals surface area contributed by atoms with Crippen LogP contribution in [0.1, 0.15) is 0 Å². The van der Waals surface area contributed by atoms with Gasteiger partial charge in [-0.15, -0.1) is 0 Å². The van der Waals surface area contributed by atoms with Crippen molar-refractivity contribution < 1.29 is 9.53 Å². The van der Waals surface area contributed by atoms with E-state index in [1.165, 1.54) is 7.11 Å². The van der Waals surface area contributed by atoms with Crippen LogP contribution < -0.4 is 0 Å². The number of rotatable bonds is 1. The van der Waals surface area contributed by atoms with E-state index in [4.69, 9.17) is 23.2 Å². The van der Waals surface area contributed by atoms with E-state index in [9.17, 15) is 4.79 Å². The molecule has 0 aromatic heterocycles. The summed E-state index contributed by atoms with van der Waals surface area (Å²) in [6, 6.07) is 4.95. The summed E-state index contributed by atoms with van der Waals surface area (Å²) in [4.78, 5) is 11.6. The standard InChI is InChI=1S/C8H6Cl2O2S/c1-12-8(11)13-5-2-3-6(9)7(10)4-5/h2-4H,1H3. The lowest BCUT2D eigenvalue weighted by atomic mass is 10.4. The Bertz CT molecular complexity index is 328. The molecule has 0 heterocycles. The van der Waals surface area contributed by atoms with E-state index in [2.05, 4.69) is 4.74 Å². The number of carbonyl (C=O) groups excluding carboxylic acids is 1. The molecule has 0 aliphatic carbocycles. The van der Waals surface area contributed by atoms with E-state index >= 15 is 0 Å². The van der Waals surface area contributed by atoms with Crippen molar-refractivity contribution >= 4 is 40.3 Å². The first-order valence-electron chi connectivity index (χ1n) is 3.34. The van der Waals surface area contributed by atoms with E-state index in [1.54, 1.807) is 18.2 Å². The van der Waals surface area contributed by atoms with Crippen LogP contribution >= 0.6 is 35.0 Å². The molecule has 1 aromatic rings. The van der Waals surface area contributed by atoms with Gasteiger partial charge in [0.05, 0.1) is 17.2 Å². The van der Waals surface area contributed by atoms with E-state index in [0.29, 0.717) is 14.9 Å². The van der Waals surface area contributed by atoms with Crippen molar-refractivity contribution in [3.8, 4) is 0 Å². The fourth-order valence-corrected chi connectivity index (χ4v) is 1.63. The minimum Gasteiger partial charge on any atom is -0.461 e. The van der Waals surface area contributed by atoms with Crippen LogP contribution in [0.15, 0.2) is 23.1 Å². The second-order valence-corrected chi connectivity index (χ2v) is 3.96. The SMILES string of the molecule is COC(=O)Sc1ccc(Cl)c(Cl)c1. The van der Waals surface area contributed by atoms with Gasteiger partial charge in [0.1, 0.15) is 0 Å². The molecule has 0 aliphatic rings. The molecule has 0 unspecified atom stereocenters. The third-order valence-corrected chi connectivity index (χ3v) is 2.82. The molecule has 0 bridgehead atoms. The highest BCUT2D eigenvalue weighted by Gasteiger charge is 2.05. The molecule has 1 aromatic carbocycles. The van der Waals surface area contributed by atoms with Crippen molar-refractivity contribution in [1.82, 2.24) is 0 Å². The van der Waals surface area contributed by atoms with Crippen LogP contribution in [0.4, 0.5) is 4.79 Å². The predicted molar refractivity (Wildman–Crippen MR) is 54.7 cm³/mol. The third-order valence-electron chi connectivity index (χ3n) is 1.26. The minimum atomic E-state index is -0.376. The van der Waals surface area contributed by atoms with Gasteiger partial charge in [0, 0.05) is 4.90 Å². The Kier molecular flexibility index (Phi) is 3.90. The van der Waals surface area contributed by atoms with E-state index in [1.807, 2.05) is 0 Å². The zero-order chi connectivity index (χ0) is 9.84. The van der Waals surface area contributed by atoms with E-state index in [0.717, 1.165) is 11.8 Å². The van der Waals surface area contributed by atoms with E-state index in [-0.39, 0.29) is 5.30 Å². The molecule has 0 amide bonds. The maximum atomic E-state index is 10.8. The average molecular weight is 237 g/mol. The molecular weight excluding hydrogens is 231 g/mol. The second-order valence-electron chi connectivity index (χ2n) is 2.13. The molecular formula is C8H6Cl2O2S. The highest BCUT2D eigenvalue weighted by Crippen LogP contribution is 2.28. The Labute approximate surface area is 90.2 Å². The summed E-state index contributed by atoms with van der Waals surface area (Å²) in [5, 5.41) is 0.518. The Morgan fingerprint density at radius 1 is 1.38 bits per heavy atom. The van der Waals surface area contributed by atoms with Crippen LogP contribution in [-0.2, 0) is 4.74 Å². The Balaban J connectivity index is 2.79. The Hall–Kier alpha value is -0.380. The molecule has 2 nitrogen and oxygen atoms in total. The number of hydrogen-bond donors (Lipinski definition) is 0. The molecule has 5 heteroatoms. The number of benzene rings is 1. The molecule has 0 atom stereocenters. The fraction of sp³-hybridized carbons (Fsp3) is 0.125. The van der Waals surface area contributed by atoms with Crippen LogP contribution in [-0.4, -0.2) is 12.4 Å². The van der Waals surface area contributed by atoms with Gasteiger partial charge in [-0.2, -0.15) is 0 Å². The summed E-state index contributed by atoms with van der Waals surface area (Å²) in [5.41, 5.74) is 0. The number of thioether (sulfide) groups is 1. The Morgan fingerprint density at radius 3 is 2.62 bits per heavy atom. The molecule has 0 fully saturated rings. The third kappa shape index (κ3) is 3.10. The summed E-state index contributed by atoms with van der Waals surface area (Å²) >= 11 is 12.4. The lowest BCUT2D eigenvalue weighted by Gasteiger charge is -2.00. The molecule has 0 spiro atoms. The summed E-state index contributed by atoms with van der Waals surface area (Å²) < 4.78 is 4.47. The van der Waals surface area contributed by atoms with Crippen molar-refractivity contribution in [1.29, 1.82) is 0 Å². The lowest BCUT2D eigenvalue weighted by Crippen LogP contribution is -1.89. The van der Waals surface area contributed by atoms with Crippen molar-refractivity contribution in [3.05, 3.63) is 28.2 Å². The van der Waals surface area contributed by atoms with Gasteiger partial charge in [0.15, 0.2) is 0 Å². The van der Waals surface area contributed by atoms with Crippen LogP contribution in [0.2, 0.25) is 10.0 Å². The van der Waals surface area contributed by atoms with Crippen LogP contribution in [0.25, 0.3) is 0 Å². The molecule has 0 radical (unpaired) electrons. The van der Waals surface area contributed by atoms with Crippen molar-refractivity contribution in [2.45, 2.75) is 4.90 Å².